The molecule has 0 heterocycles. The maximum atomic E-state index is 12.2. The van der Waals surface area contributed by atoms with E-state index in [-0.39, 0.29) is 5.91 Å². The van der Waals surface area contributed by atoms with E-state index in [2.05, 4.69) is 6.92 Å². The summed E-state index contributed by atoms with van der Waals surface area (Å²) in [6, 6.07) is 7.66. The van der Waals surface area contributed by atoms with Gasteiger partial charge in [-0.05, 0) is 43.5 Å². The van der Waals surface area contributed by atoms with Crippen LogP contribution in [-0.2, 0) is 0 Å². The van der Waals surface area contributed by atoms with Crippen LogP contribution in [0.25, 0.3) is 0 Å². The Morgan fingerprint density at radius 3 is 2.50 bits per heavy atom. The van der Waals surface area contributed by atoms with Crippen LogP contribution in [0.4, 0.5) is 5.69 Å². The van der Waals surface area contributed by atoms with E-state index >= 15 is 0 Å². The summed E-state index contributed by atoms with van der Waals surface area (Å²) in [5, 5.41) is 0. The van der Waals surface area contributed by atoms with Gasteiger partial charge < -0.3 is 10.6 Å². The first-order valence-corrected chi connectivity index (χ1v) is 5.89. The lowest BCUT2D eigenvalue weighted by Crippen LogP contribution is -2.33. The van der Waals surface area contributed by atoms with Crippen molar-refractivity contribution in [3.8, 4) is 0 Å². The number of hydrogen-bond acceptors (Lipinski definition) is 2. The molecule has 0 aromatic heterocycles. The molecule has 2 rings (SSSR count). The van der Waals surface area contributed by atoms with Crippen molar-refractivity contribution in [2.24, 2.45) is 0 Å². The van der Waals surface area contributed by atoms with Crippen molar-refractivity contribution in [1.82, 2.24) is 4.90 Å². The summed E-state index contributed by atoms with van der Waals surface area (Å²) in [7, 11) is 0. The van der Waals surface area contributed by atoms with Crippen molar-refractivity contribution in [3.05, 3.63) is 29.8 Å². The van der Waals surface area contributed by atoms with Gasteiger partial charge in [-0.3, -0.25) is 4.79 Å². The van der Waals surface area contributed by atoms with E-state index in [4.69, 9.17) is 5.73 Å². The molecule has 86 valence electrons. The van der Waals surface area contributed by atoms with E-state index in [0.717, 1.165) is 31.4 Å². The molecule has 0 unspecified atom stereocenters. The van der Waals surface area contributed by atoms with Gasteiger partial charge in [0.15, 0.2) is 0 Å². The number of nitrogens with two attached hydrogens (primary N) is 1. The normalized spacial score (nSPS) is 14.8. The highest BCUT2D eigenvalue weighted by Gasteiger charge is 2.32. The molecular formula is C13H18N2O. The van der Waals surface area contributed by atoms with Crippen LogP contribution in [-0.4, -0.2) is 23.4 Å². The fourth-order valence-electron chi connectivity index (χ4n) is 1.87. The predicted molar refractivity (Wildman–Crippen MR) is 65.2 cm³/mol. The molecule has 16 heavy (non-hydrogen) atoms. The Morgan fingerprint density at radius 1 is 1.38 bits per heavy atom. The zero-order valence-electron chi connectivity index (χ0n) is 9.65. The van der Waals surface area contributed by atoms with Gasteiger partial charge in [-0.25, -0.2) is 0 Å². The van der Waals surface area contributed by atoms with Crippen LogP contribution >= 0.6 is 0 Å². The highest BCUT2D eigenvalue weighted by atomic mass is 16.2. The van der Waals surface area contributed by atoms with Crippen LogP contribution in [0.2, 0.25) is 0 Å². The molecule has 0 radical (unpaired) electrons. The van der Waals surface area contributed by atoms with Gasteiger partial charge in [0, 0.05) is 23.8 Å². The van der Waals surface area contributed by atoms with Crippen molar-refractivity contribution in [2.45, 2.75) is 32.2 Å². The Morgan fingerprint density at radius 2 is 2.00 bits per heavy atom. The molecular weight excluding hydrogens is 200 g/mol. The van der Waals surface area contributed by atoms with E-state index in [9.17, 15) is 4.79 Å². The third-order valence-corrected chi connectivity index (χ3v) is 2.87. The van der Waals surface area contributed by atoms with Crippen LogP contribution in [0.15, 0.2) is 24.3 Å². The van der Waals surface area contributed by atoms with Crippen molar-refractivity contribution >= 4 is 11.6 Å². The zero-order valence-corrected chi connectivity index (χ0v) is 9.65. The quantitative estimate of drug-likeness (QED) is 0.788. The number of hydrogen-bond donors (Lipinski definition) is 1. The average molecular weight is 218 g/mol. The minimum absolute atomic E-state index is 0.143. The molecule has 1 aliphatic carbocycles. The fourth-order valence-corrected chi connectivity index (χ4v) is 1.87. The first kappa shape index (κ1) is 11.0. The number of amides is 1. The lowest BCUT2D eigenvalue weighted by Gasteiger charge is -2.21. The molecule has 1 aliphatic rings. The molecule has 1 amide bonds. The summed E-state index contributed by atoms with van der Waals surface area (Å²) in [6.07, 6.45) is 3.32. The summed E-state index contributed by atoms with van der Waals surface area (Å²) in [6.45, 7) is 2.96. The Bertz CT molecular complexity index is 368. The van der Waals surface area contributed by atoms with Crippen molar-refractivity contribution in [3.63, 3.8) is 0 Å². The van der Waals surface area contributed by atoms with Crippen LogP contribution in [0.1, 0.15) is 36.5 Å². The SMILES string of the molecule is CCCN(C(=O)c1ccc(N)cc1)C1CC1. The highest BCUT2D eigenvalue weighted by molar-refractivity contribution is 5.94. The Balaban J connectivity index is 2.12. The highest BCUT2D eigenvalue weighted by Crippen LogP contribution is 2.28. The van der Waals surface area contributed by atoms with Gasteiger partial charge in [-0.1, -0.05) is 6.92 Å². The number of anilines is 1. The average Bonchev–Trinajstić information content (AvgIpc) is 3.10. The molecule has 0 bridgehead atoms. The van der Waals surface area contributed by atoms with Crippen molar-refractivity contribution in [1.29, 1.82) is 0 Å². The maximum Gasteiger partial charge on any atom is 0.254 e. The largest absolute Gasteiger partial charge is 0.399 e. The summed E-state index contributed by atoms with van der Waals surface area (Å²) in [5.41, 5.74) is 7.05. The Labute approximate surface area is 96.2 Å². The minimum Gasteiger partial charge on any atom is -0.399 e. The topological polar surface area (TPSA) is 46.3 Å². The standard InChI is InChI=1S/C13H18N2O/c1-2-9-15(12-7-8-12)13(16)10-3-5-11(14)6-4-10/h3-6,12H,2,7-9,14H2,1H3. The number of nitrogen functional groups attached to an aromatic ring is 1. The second-order valence-corrected chi connectivity index (χ2v) is 4.35. The number of rotatable bonds is 4. The van der Waals surface area contributed by atoms with E-state index < -0.39 is 0 Å². The van der Waals surface area contributed by atoms with E-state index in [0.29, 0.717) is 11.7 Å². The Hall–Kier alpha value is -1.51. The molecule has 1 fully saturated rings. The first-order valence-electron chi connectivity index (χ1n) is 5.89. The van der Waals surface area contributed by atoms with Crippen molar-refractivity contribution in [2.75, 3.05) is 12.3 Å². The summed E-state index contributed by atoms with van der Waals surface area (Å²) < 4.78 is 0. The van der Waals surface area contributed by atoms with Gasteiger partial charge in [-0.2, -0.15) is 0 Å². The van der Waals surface area contributed by atoms with Crippen LogP contribution in [0.5, 0.6) is 0 Å². The summed E-state index contributed by atoms with van der Waals surface area (Å²) in [5.74, 6) is 0.143. The van der Waals surface area contributed by atoms with E-state index in [1.807, 2.05) is 17.0 Å². The lowest BCUT2D eigenvalue weighted by atomic mass is 10.1. The molecule has 3 heteroatoms. The number of benzene rings is 1. The monoisotopic (exact) mass is 218 g/mol. The van der Waals surface area contributed by atoms with Crippen LogP contribution in [0, 0.1) is 0 Å². The minimum atomic E-state index is 0.143. The van der Waals surface area contributed by atoms with E-state index in [1.165, 1.54) is 0 Å². The van der Waals surface area contributed by atoms with Crippen molar-refractivity contribution < 1.29 is 4.79 Å². The number of nitrogens with zero attached hydrogens (tertiary/aromatic N) is 1. The Kier molecular flexibility index (Phi) is 3.13. The molecule has 3 nitrogen and oxygen atoms in total. The summed E-state index contributed by atoms with van der Waals surface area (Å²) in [4.78, 5) is 14.2. The van der Waals surface area contributed by atoms with Gasteiger partial charge in [0.2, 0.25) is 0 Å². The number of carbonyl (C=O) groups is 1. The van der Waals surface area contributed by atoms with Gasteiger partial charge in [0.1, 0.15) is 0 Å². The van der Waals surface area contributed by atoms with Gasteiger partial charge in [-0.15, -0.1) is 0 Å². The second kappa shape index (κ2) is 4.56. The molecule has 1 saturated carbocycles. The molecule has 1 aromatic carbocycles. The third kappa shape index (κ3) is 2.35. The first-order chi connectivity index (χ1) is 7.72. The fraction of sp³-hybridized carbons (Fsp3) is 0.462. The third-order valence-electron chi connectivity index (χ3n) is 2.87. The van der Waals surface area contributed by atoms with Crippen LogP contribution < -0.4 is 5.73 Å². The molecule has 0 spiro atoms. The van der Waals surface area contributed by atoms with Gasteiger partial charge in [0.25, 0.3) is 5.91 Å². The molecule has 0 saturated heterocycles. The zero-order chi connectivity index (χ0) is 11.5. The lowest BCUT2D eigenvalue weighted by molar-refractivity contribution is 0.0743. The molecule has 0 aliphatic heterocycles. The molecule has 0 atom stereocenters. The van der Waals surface area contributed by atoms with Crippen LogP contribution in [0.3, 0.4) is 0 Å². The molecule has 1 aromatic rings. The number of carbonyl (C=O) groups excluding carboxylic acids is 1. The summed E-state index contributed by atoms with van der Waals surface area (Å²) >= 11 is 0. The van der Waals surface area contributed by atoms with E-state index in [1.54, 1.807) is 12.1 Å². The smallest absolute Gasteiger partial charge is 0.254 e. The van der Waals surface area contributed by atoms with Gasteiger partial charge >= 0.3 is 0 Å². The predicted octanol–water partition coefficient (Wildman–Crippen LogP) is 2.28. The van der Waals surface area contributed by atoms with Gasteiger partial charge in [0.05, 0.1) is 0 Å². The molecule has 2 N–H and O–H groups in total. The maximum absolute atomic E-state index is 12.2. The second-order valence-electron chi connectivity index (χ2n) is 4.35.